The molecule has 3 aromatic carbocycles. The maximum atomic E-state index is 14.0. The second-order valence-electron chi connectivity index (χ2n) is 9.98. The van der Waals surface area contributed by atoms with E-state index in [2.05, 4.69) is 4.98 Å². The molecule has 1 atom stereocenters. The molecule has 0 bridgehead atoms. The second-order valence-corrected chi connectivity index (χ2v) is 10.3. The predicted octanol–water partition coefficient (Wildman–Crippen LogP) is 6.28. The zero-order valence-corrected chi connectivity index (χ0v) is 23.3. The number of aromatic amines is 1. The molecule has 0 saturated heterocycles. The number of aromatic nitrogens is 1. The first-order valence-corrected chi connectivity index (χ1v) is 13.3. The van der Waals surface area contributed by atoms with E-state index in [1.807, 2.05) is 38.1 Å². The van der Waals surface area contributed by atoms with Crippen LogP contribution >= 0.6 is 11.6 Å². The smallest absolute Gasteiger partial charge is 0.311 e. The molecule has 1 N–H and O–H groups in total. The van der Waals surface area contributed by atoms with Gasteiger partial charge < -0.3 is 28.8 Å². The number of methoxy groups -OCH3 is 3. The fourth-order valence-electron chi connectivity index (χ4n) is 5.32. The Bertz CT molecular complexity index is 1580. The van der Waals surface area contributed by atoms with E-state index < -0.39 is 0 Å². The molecule has 4 aromatic rings. The fraction of sp³-hybridized carbons (Fsp3) is 0.333. The number of esters is 1. The number of benzene rings is 3. The van der Waals surface area contributed by atoms with Crippen LogP contribution in [0.15, 0.2) is 42.5 Å². The normalized spacial score (nSPS) is 14.6. The van der Waals surface area contributed by atoms with Crippen molar-refractivity contribution in [3.63, 3.8) is 0 Å². The van der Waals surface area contributed by atoms with E-state index in [9.17, 15) is 9.59 Å². The minimum absolute atomic E-state index is 0.0879. The minimum Gasteiger partial charge on any atom is -0.493 e. The number of fused-ring (bicyclic) bond motifs is 4. The van der Waals surface area contributed by atoms with Gasteiger partial charge in [0.2, 0.25) is 5.75 Å². The monoisotopic (exact) mass is 550 g/mol. The predicted molar refractivity (Wildman–Crippen MR) is 152 cm³/mol. The van der Waals surface area contributed by atoms with Crippen LogP contribution in [0, 0.1) is 5.92 Å². The van der Waals surface area contributed by atoms with Crippen LogP contribution in [-0.4, -0.2) is 50.6 Å². The van der Waals surface area contributed by atoms with E-state index in [1.165, 1.54) is 14.2 Å². The van der Waals surface area contributed by atoms with Gasteiger partial charge in [0.1, 0.15) is 11.4 Å². The van der Waals surface area contributed by atoms with Crippen molar-refractivity contribution >= 4 is 50.8 Å². The van der Waals surface area contributed by atoms with Crippen molar-refractivity contribution in [1.82, 2.24) is 4.98 Å². The van der Waals surface area contributed by atoms with Gasteiger partial charge in [-0.25, -0.2) is 0 Å². The highest BCUT2D eigenvalue weighted by atomic mass is 35.5. The van der Waals surface area contributed by atoms with Gasteiger partial charge in [-0.05, 0) is 29.0 Å². The third-order valence-corrected chi connectivity index (χ3v) is 7.38. The van der Waals surface area contributed by atoms with Gasteiger partial charge in [0.25, 0.3) is 5.91 Å². The molecule has 0 saturated carbocycles. The summed E-state index contributed by atoms with van der Waals surface area (Å²) in [7, 11) is 4.61. The zero-order valence-electron chi connectivity index (χ0n) is 22.6. The number of carbonyl (C=O) groups excluding carboxylic acids is 2. The summed E-state index contributed by atoms with van der Waals surface area (Å²) in [5.41, 5.74) is 2.63. The molecule has 0 unspecified atom stereocenters. The standard InChI is InChI=1S/C30H31ClN2O6/c1-16(2)10-25(34)39-23-13-22-26(20-9-7-6-8-19(20)23)18(14-31)15-33(22)30(35)21-11-17-12-24(36-3)28(37-4)29(38-5)27(17)32-21/h6-9,11-13,16,18,32H,10,14-15H2,1-5H3/t18-/m1/s1. The molecule has 0 radical (unpaired) electrons. The van der Waals surface area contributed by atoms with E-state index in [4.69, 9.17) is 30.5 Å². The average molecular weight is 551 g/mol. The first-order chi connectivity index (χ1) is 18.8. The number of hydrogen-bond donors (Lipinski definition) is 1. The van der Waals surface area contributed by atoms with E-state index in [1.54, 1.807) is 30.2 Å². The molecule has 5 rings (SSSR count). The minimum atomic E-state index is -0.314. The molecule has 0 aliphatic carbocycles. The molecular weight excluding hydrogens is 520 g/mol. The van der Waals surface area contributed by atoms with Crippen molar-refractivity contribution in [2.45, 2.75) is 26.2 Å². The number of amides is 1. The first kappa shape index (κ1) is 26.7. The van der Waals surface area contributed by atoms with Gasteiger partial charge in [0, 0.05) is 41.6 Å². The Morgan fingerprint density at radius 1 is 1.00 bits per heavy atom. The summed E-state index contributed by atoms with van der Waals surface area (Å²) in [6.45, 7) is 4.33. The van der Waals surface area contributed by atoms with Crippen LogP contribution in [0.4, 0.5) is 5.69 Å². The van der Waals surface area contributed by atoms with Gasteiger partial charge in [-0.2, -0.15) is 0 Å². The summed E-state index contributed by atoms with van der Waals surface area (Å²) < 4.78 is 22.4. The Morgan fingerprint density at radius 2 is 1.72 bits per heavy atom. The first-order valence-electron chi connectivity index (χ1n) is 12.8. The summed E-state index contributed by atoms with van der Waals surface area (Å²) in [6, 6.07) is 13.1. The topological polar surface area (TPSA) is 90.1 Å². The number of anilines is 1. The van der Waals surface area contributed by atoms with Gasteiger partial charge in [-0.15, -0.1) is 11.6 Å². The molecule has 1 aromatic heterocycles. The van der Waals surface area contributed by atoms with Crippen molar-refractivity contribution in [1.29, 1.82) is 0 Å². The number of alkyl halides is 1. The number of carbonyl (C=O) groups is 2. The summed E-state index contributed by atoms with van der Waals surface area (Å²) in [5.74, 6) is 1.65. The Hall–Kier alpha value is -3.91. The number of H-pyrrole nitrogens is 1. The lowest BCUT2D eigenvalue weighted by Gasteiger charge is -2.19. The van der Waals surface area contributed by atoms with Crippen LogP contribution in [0.1, 0.15) is 42.2 Å². The van der Waals surface area contributed by atoms with Gasteiger partial charge in [0.05, 0.1) is 32.5 Å². The number of ether oxygens (including phenoxy) is 4. The van der Waals surface area contributed by atoms with Crippen molar-refractivity contribution < 1.29 is 28.5 Å². The fourth-order valence-corrected chi connectivity index (χ4v) is 5.57. The van der Waals surface area contributed by atoms with Crippen molar-refractivity contribution in [3.05, 3.63) is 53.7 Å². The van der Waals surface area contributed by atoms with E-state index in [-0.39, 0.29) is 23.7 Å². The zero-order chi connectivity index (χ0) is 27.8. The Morgan fingerprint density at radius 3 is 2.36 bits per heavy atom. The Balaban J connectivity index is 1.62. The van der Waals surface area contributed by atoms with Crippen molar-refractivity contribution in [2.24, 2.45) is 5.92 Å². The summed E-state index contributed by atoms with van der Waals surface area (Å²) in [5, 5.41) is 2.46. The molecule has 0 spiro atoms. The quantitative estimate of drug-likeness (QED) is 0.158. The molecular formula is C30H31ClN2O6. The number of nitrogens with one attached hydrogen (secondary N) is 1. The van der Waals surface area contributed by atoms with Crippen LogP contribution < -0.4 is 23.8 Å². The number of hydrogen-bond acceptors (Lipinski definition) is 6. The molecule has 1 amide bonds. The third-order valence-electron chi connectivity index (χ3n) is 7.01. The Labute approximate surface area is 231 Å². The lowest BCUT2D eigenvalue weighted by atomic mass is 9.95. The van der Waals surface area contributed by atoms with Crippen LogP contribution in [0.25, 0.3) is 21.7 Å². The maximum Gasteiger partial charge on any atom is 0.311 e. The SMILES string of the molecule is COc1cc2cc(C(=O)N3C[C@@H](CCl)c4c3cc(OC(=O)CC(C)C)c3ccccc43)[nH]c2c(OC)c1OC. The molecule has 1 aliphatic heterocycles. The molecule has 39 heavy (non-hydrogen) atoms. The molecule has 8 nitrogen and oxygen atoms in total. The van der Waals surface area contributed by atoms with Crippen molar-refractivity contribution in [2.75, 3.05) is 38.7 Å². The van der Waals surface area contributed by atoms with Gasteiger partial charge in [-0.3, -0.25) is 9.59 Å². The highest BCUT2D eigenvalue weighted by Gasteiger charge is 2.36. The molecule has 9 heteroatoms. The average Bonchev–Trinajstić information content (AvgIpc) is 3.52. The molecule has 0 fully saturated rings. The highest BCUT2D eigenvalue weighted by molar-refractivity contribution is 6.19. The summed E-state index contributed by atoms with van der Waals surface area (Å²) >= 11 is 6.43. The highest BCUT2D eigenvalue weighted by Crippen LogP contribution is 2.47. The molecule has 204 valence electrons. The van der Waals surface area contributed by atoms with E-state index in [0.29, 0.717) is 58.7 Å². The third kappa shape index (κ3) is 4.63. The van der Waals surface area contributed by atoms with Gasteiger partial charge in [-0.1, -0.05) is 38.1 Å². The lowest BCUT2D eigenvalue weighted by molar-refractivity contribution is -0.135. The van der Waals surface area contributed by atoms with Gasteiger partial charge >= 0.3 is 5.97 Å². The largest absolute Gasteiger partial charge is 0.493 e. The van der Waals surface area contributed by atoms with E-state index >= 15 is 0 Å². The Kier molecular flexibility index (Phi) is 7.32. The molecule has 2 heterocycles. The number of rotatable bonds is 8. The van der Waals surface area contributed by atoms with E-state index in [0.717, 1.165) is 21.7 Å². The van der Waals surface area contributed by atoms with Crippen LogP contribution in [0.5, 0.6) is 23.0 Å². The maximum absolute atomic E-state index is 14.0. The molecule has 1 aliphatic rings. The van der Waals surface area contributed by atoms with Crippen LogP contribution in [0.2, 0.25) is 0 Å². The number of nitrogens with zero attached hydrogens (tertiary/aromatic N) is 1. The summed E-state index contributed by atoms with van der Waals surface area (Å²) in [6.07, 6.45) is 0.294. The summed E-state index contributed by atoms with van der Waals surface area (Å²) in [4.78, 5) is 31.5. The van der Waals surface area contributed by atoms with Crippen LogP contribution in [-0.2, 0) is 4.79 Å². The lowest BCUT2D eigenvalue weighted by Crippen LogP contribution is -2.30. The number of halogens is 1. The second kappa shape index (κ2) is 10.7. The van der Waals surface area contributed by atoms with Gasteiger partial charge in [0.15, 0.2) is 11.5 Å². The van der Waals surface area contributed by atoms with Crippen molar-refractivity contribution in [3.8, 4) is 23.0 Å². The van der Waals surface area contributed by atoms with Crippen LogP contribution in [0.3, 0.4) is 0 Å².